The SMILES string of the molecule is CC.CC(C)C.COCCOCCOC(=O)N[C@@H](CC(C)C)C(=O)NCC(=O)C(C)(O)NCCOc1ccccc1.[HH].[HH].[HH]. The van der Waals surface area contributed by atoms with Crippen LogP contribution in [0, 0.1) is 11.8 Å². The van der Waals surface area contributed by atoms with Gasteiger partial charge in [0.15, 0.2) is 11.5 Å². The molecule has 0 radical (unpaired) electrons. The lowest BCUT2D eigenvalue weighted by Gasteiger charge is -2.25. The van der Waals surface area contributed by atoms with Gasteiger partial charge in [0.05, 0.1) is 26.4 Å². The first-order valence-corrected chi connectivity index (χ1v) is 14.3. The van der Waals surface area contributed by atoms with Crippen LogP contribution in [0.15, 0.2) is 30.3 Å². The third-order valence-electron chi connectivity index (χ3n) is 4.76. The van der Waals surface area contributed by atoms with Crippen molar-refractivity contribution in [1.82, 2.24) is 16.0 Å². The van der Waals surface area contributed by atoms with E-state index in [-0.39, 0.29) is 36.6 Å². The molecule has 2 amide bonds. The van der Waals surface area contributed by atoms with Crippen molar-refractivity contribution in [1.29, 1.82) is 0 Å². The Bertz CT molecular complexity index is 817. The number of methoxy groups -OCH3 is 1. The molecule has 1 rings (SSSR count). The number of amides is 2. The van der Waals surface area contributed by atoms with E-state index in [9.17, 15) is 19.5 Å². The molecule has 0 aliphatic rings. The first kappa shape index (κ1) is 40.4. The maximum Gasteiger partial charge on any atom is 0.407 e. The number of ether oxygens (including phenoxy) is 4. The minimum Gasteiger partial charge on any atom is -0.492 e. The van der Waals surface area contributed by atoms with Crippen LogP contribution >= 0.6 is 0 Å². The zero-order chi connectivity index (χ0) is 31.7. The molecule has 1 aromatic rings. The zero-order valence-electron chi connectivity index (χ0n) is 26.6. The molecule has 244 valence electrons. The summed E-state index contributed by atoms with van der Waals surface area (Å²) in [6.07, 6.45) is -0.426. The van der Waals surface area contributed by atoms with E-state index in [1.54, 1.807) is 19.2 Å². The molecule has 0 saturated carbocycles. The van der Waals surface area contributed by atoms with Crippen molar-refractivity contribution in [2.75, 3.05) is 53.2 Å². The molecule has 0 aliphatic heterocycles. The molecule has 1 aromatic carbocycles. The molecule has 41 heavy (non-hydrogen) atoms. The highest BCUT2D eigenvalue weighted by Crippen LogP contribution is 2.08. The minimum absolute atomic E-state index is 0. The predicted octanol–water partition coefficient (Wildman–Crippen LogP) is 4.28. The minimum atomic E-state index is -1.87. The number of alkyl carbamates (subject to hydrolysis) is 1. The Hall–Kier alpha value is -2.73. The molecule has 1 unspecified atom stereocenters. The van der Waals surface area contributed by atoms with Gasteiger partial charge in [0.2, 0.25) is 5.91 Å². The van der Waals surface area contributed by atoms with E-state index in [0.717, 1.165) is 5.92 Å². The van der Waals surface area contributed by atoms with Crippen LogP contribution in [0.1, 0.15) is 66.1 Å². The Morgan fingerprint density at radius 3 is 2.10 bits per heavy atom. The van der Waals surface area contributed by atoms with Crippen LogP contribution in [0.25, 0.3) is 0 Å². The summed E-state index contributed by atoms with van der Waals surface area (Å²) in [5.41, 5.74) is -1.87. The van der Waals surface area contributed by atoms with E-state index in [1.165, 1.54) is 6.92 Å². The van der Waals surface area contributed by atoms with Gasteiger partial charge in [-0.2, -0.15) is 0 Å². The summed E-state index contributed by atoms with van der Waals surface area (Å²) in [4.78, 5) is 37.1. The van der Waals surface area contributed by atoms with Gasteiger partial charge in [0, 0.05) is 17.9 Å². The first-order valence-electron chi connectivity index (χ1n) is 14.3. The largest absolute Gasteiger partial charge is 0.492 e. The molecule has 0 saturated heterocycles. The molecule has 0 bridgehead atoms. The quantitative estimate of drug-likeness (QED) is 0.145. The van der Waals surface area contributed by atoms with Gasteiger partial charge in [-0.05, 0) is 37.3 Å². The van der Waals surface area contributed by atoms with Gasteiger partial charge in [-0.15, -0.1) is 0 Å². The maximum absolute atomic E-state index is 12.6. The molecular formula is C30H61N3O8. The molecule has 11 heteroatoms. The average molecular weight is 592 g/mol. The van der Waals surface area contributed by atoms with E-state index in [0.29, 0.717) is 25.4 Å². The van der Waals surface area contributed by atoms with E-state index >= 15 is 0 Å². The number of para-hydroxylation sites is 1. The van der Waals surface area contributed by atoms with Crippen molar-refractivity contribution in [3.05, 3.63) is 30.3 Å². The Kier molecular flexibility index (Phi) is 24.7. The van der Waals surface area contributed by atoms with Gasteiger partial charge in [0.1, 0.15) is 25.0 Å². The van der Waals surface area contributed by atoms with Crippen molar-refractivity contribution in [2.45, 2.75) is 73.6 Å². The molecule has 4 N–H and O–H groups in total. The van der Waals surface area contributed by atoms with Crippen LogP contribution in [-0.4, -0.2) is 87.9 Å². The fourth-order valence-corrected chi connectivity index (χ4v) is 2.87. The number of hydrogen-bond donors (Lipinski definition) is 4. The number of aliphatic hydroxyl groups is 1. The number of rotatable bonds is 18. The predicted molar refractivity (Wildman–Crippen MR) is 167 cm³/mol. The van der Waals surface area contributed by atoms with Gasteiger partial charge in [0.25, 0.3) is 0 Å². The van der Waals surface area contributed by atoms with Crippen molar-refractivity contribution in [2.24, 2.45) is 11.8 Å². The fourth-order valence-electron chi connectivity index (χ4n) is 2.87. The number of carbonyl (C=O) groups is 3. The number of Topliss-reactive ketones (excluding diaryl/α,β-unsaturated/α-hetero) is 1. The number of carbonyl (C=O) groups excluding carboxylic acids is 3. The standard InChI is InChI=1S/C24H39N3O8.C4H10.C2H6.3H2/c1-18(2)16-20(27-23(30)35-15-14-33-13-12-32-4)22(29)25-17-21(28)24(3,31)26-10-11-34-19-8-6-5-7-9-19;1-4(2)3;1-2;;;/h5-9,18,20,26,31H,10-17H2,1-4H3,(H,25,29)(H,27,30);4H,1-3H3;1-2H3;3*1H/t20-,24?;;;;;/m0...../s1. The van der Waals surface area contributed by atoms with Crippen LogP contribution in [0.5, 0.6) is 5.75 Å². The highest BCUT2D eigenvalue weighted by Gasteiger charge is 2.30. The van der Waals surface area contributed by atoms with Gasteiger partial charge in [-0.3, -0.25) is 14.9 Å². The Labute approximate surface area is 251 Å². The monoisotopic (exact) mass is 591 g/mol. The molecule has 0 heterocycles. The van der Waals surface area contributed by atoms with Crippen molar-refractivity contribution in [3.63, 3.8) is 0 Å². The first-order chi connectivity index (χ1) is 19.4. The van der Waals surface area contributed by atoms with Crippen LogP contribution in [0.3, 0.4) is 0 Å². The normalized spacial score (nSPS) is 12.6. The molecular weight excluding hydrogens is 530 g/mol. The summed E-state index contributed by atoms with van der Waals surface area (Å²) in [7, 11) is 1.56. The second kappa shape index (κ2) is 25.0. The fraction of sp³-hybridized carbons (Fsp3) is 0.700. The Morgan fingerprint density at radius 2 is 1.54 bits per heavy atom. The van der Waals surface area contributed by atoms with Crippen molar-refractivity contribution < 1.29 is 42.7 Å². The summed E-state index contributed by atoms with van der Waals surface area (Å²) in [5, 5.41) is 18.1. The molecule has 11 nitrogen and oxygen atoms in total. The number of benzene rings is 1. The lowest BCUT2D eigenvalue weighted by Crippen LogP contribution is -2.56. The summed E-state index contributed by atoms with van der Waals surface area (Å²) in [5.74, 6) is 0.412. The topological polar surface area (TPSA) is 144 Å². The van der Waals surface area contributed by atoms with E-state index in [2.05, 4.69) is 36.7 Å². The van der Waals surface area contributed by atoms with E-state index in [4.69, 9.17) is 18.9 Å². The van der Waals surface area contributed by atoms with Crippen LogP contribution in [0.4, 0.5) is 4.79 Å². The lowest BCUT2D eigenvalue weighted by molar-refractivity contribution is -0.139. The second-order valence-corrected chi connectivity index (χ2v) is 10.1. The number of nitrogens with one attached hydrogen (secondary N) is 3. The molecule has 0 aliphatic carbocycles. The Balaban J connectivity index is -0.000000518. The summed E-state index contributed by atoms with van der Waals surface area (Å²) in [6.45, 7) is 16.7. The molecule has 0 aromatic heterocycles. The van der Waals surface area contributed by atoms with Gasteiger partial charge < -0.3 is 34.7 Å². The number of hydrogen-bond acceptors (Lipinski definition) is 9. The second-order valence-electron chi connectivity index (χ2n) is 10.1. The summed E-state index contributed by atoms with van der Waals surface area (Å²) < 4.78 is 20.6. The van der Waals surface area contributed by atoms with Crippen molar-refractivity contribution in [3.8, 4) is 5.75 Å². The van der Waals surface area contributed by atoms with Gasteiger partial charge in [-0.1, -0.05) is 66.7 Å². The highest BCUT2D eigenvalue weighted by molar-refractivity contribution is 5.93. The van der Waals surface area contributed by atoms with E-state index < -0.39 is 36.1 Å². The van der Waals surface area contributed by atoms with Crippen LogP contribution in [-0.2, 0) is 23.8 Å². The van der Waals surface area contributed by atoms with Crippen LogP contribution < -0.4 is 20.7 Å². The highest BCUT2D eigenvalue weighted by atomic mass is 16.6. The van der Waals surface area contributed by atoms with Gasteiger partial charge in [-0.25, -0.2) is 4.79 Å². The van der Waals surface area contributed by atoms with E-state index in [1.807, 2.05) is 45.9 Å². The number of ketones is 1. The lowest BCUT2D eigenvalue weighted by atomic mass is 10.0. The molecule has 0 fully saturated rings. The van der Waals surface area contributed by atoms with Crippen LogP contribution in [0.2, 0.25) is 0 Å². The molecule has 0 spiro atoms. The third-order valence-corrected chi connectivity index (χ3v) is 4.76. The van der Waals surface area contributed by atoms with Crippen molar-refractivity contribution >= 4 is 17.8 Å². The average Bonchev–Trinajstić information content (AvgIpc) is 2.92. The Morgan fingerprint density at radius 1 is 0.951 bits per heavy atom. The molecule has 2 atom stereocenters. The smallest absolute Gasteiger partial charge is 0.407 e. The summed E-state index contributed by atoms with van der Waals surface area (Å²) >= 11 is 0. The van der Waals surface area contributed by atoms with Gasteiger partial charge >= 0.3 is 6.09 Å². The maximum atomic E-state index is 12.6. The zero-order valence-corrected chi connectivity index (χ0v) is 26.6. The summed E-state index contributed by atoms with van der Waals surface area (Å²) in [6, 6.07) is 8.24. The third kappa shape index (κ3) is 23.7.